The minimum atomic E-state index is 0.699. The van der Waals surface area contributed by atoms with E-state index in [1.54, 1.807) is 5.56 Å². The molecular formula is C22H29N. The fourth-order valence-corrected chi connectivity index (χ4v) is 5.01. The monoisotopic (exact) mass is 307 g/mol. The molecule has 2 N–H and O–H groups in total. The smallest absolute Gasteiger partial charge is 0.0432 e. The predicted octanol–water partition coefficient (Wildman–Crippen LogP) is 6.52. The van der Waals surface area contributed by atoms with Crippen LogP contribution in [0.4, 0.5) is 5.69 Å². The average molecular weight is 307 g/mol. The Morgan fingerprint density at radius 1 is 0.739 bits per heavy atom. The van der Waals surface area contributed by atoms with Crippen molar-refractivity contribution in [2.75, 3.05) is 5.73 Å². The van der Waals surface area contributed by atoms with Gasteiger partial charge in [0.1, 0.15) is 0 Å². The van der Waals surface area contributed by atoms with Crippen molar-refractivity contribution < 1.29 is 0 Å². The summed E-state index contributed by atoms with van der Waals surface area (Å²) >= 11 is 0. The number of nitrogens with two attached hydrogens (primary N) is 1. The molecule has 2 fully saturated rings. The van der Waals surface area contributed by atoms with Crippen molar-refractivity contribution in [3.05, 3.63) is 41.5 Å². The first-order chi connectivity index (χ1) is 11.3. The third-order valence-electron chi connectivity index (χ3n) is 6.22. The molecule has 0 aliphatic heterocycles. The molecule has 0 bridgehead atoms. The summed E-state index contributed by atoms with van der Waals surface area (Å²) in [6.07, 6.45) is 13.7. The lowest BCUT2D eigenvalue weighted by Gasteiger charge is -2.31. The molecule has 2 aliphatic carbocycles. The van der Waals surface area contributed by atoms with E-state index in [1.807, 2.05) is 0 Å². The Kier molecular flexibility index (Phi) is 4.29. The standard InChI is InChI=1S/C22H29N/c23-22-19-14-8-7-13-18(19)15-20(16-9-3-1-4-10-16)21(22)17-11-5-2-6-12-17/h7-8,13-17H,1-6,9-12,23H2. The van der Waals surface area contributed by atoms with E-state index in [-0.39, 0.29) is 0 Å². The van der Waals surface area contributed by atoms with Crippen LogP contribution in [0.5, 0.6) is 0 Å². The van der Waals surface area contributed by atoms with Crippen LogP contribution in [0.2, 0.25) is 0 Å². The first-order valence-corrected chi connectivity index (χ1v) is 9.65. The molecule has 1 heteroatoms. The highest BCUT2D eigenvalue weighted by molar-refractivity contribution is 5.95. The first-order valence-electron chi connectivity index (χ1n) is 9.65. The summed E-state index contributed by atoms with van der Waals surface area (Å²) in [5.74, 6) is 1.44. The van der Waals surface area contributed by atoms with E-state index in [1.165, 1.54) is 80.5 Å². The summed E-state index contributed by atoms with van der Waals surface area (Å²) in [6.45, 7) is 0. The second-order valence-electron chi connectivity index (χ2n) is 7.68. The van der Waals surface area contributed by atoms with E-state index in [0.29, 0.717) is 5.92 Å². The van der Waals surface area contributed by atoms with Gasteiger partial charge in [-0.2, -0.15) is 0 Å². The van der Waals surface area contributed by atoms with Crippen LogP contribution in [0.3, 0.4) is 0 Å². The molecule has 1 nitrogen and oxygen atoms in total. The normalized spacial score (nSPS) is 20.9. The van der Waals surface area contributed by atoms with Gasteiger partial charge in [-0.05, 0) is 54.0 Å². The lowest BCUT2D eigenvalue weighted by atomic mass is 9.74. The van der Waals surface area contributed by atoms with E-state index in [0.717, 1.165) is 11.6 Å². The molecule has 0 saturated heterocycles. The first kappa shape index (κ1) is 15.1. The molecule has 2 aliphatic rings. The maximum Gasteiger partial charge on any atom is 0.0432 e. The molecule has 0 amide bonds. The second-order valence-corrected chi connectivity index (χ2v) is 7.68. The van der Waals surface area contributed by atoms with Gasteiger partial charge >= 0.3 is 0 Å². The largest absolute Gasteiger partial charge is 0.398 e. The van der Waals surface area contributed by atoms with Gasteiger partial charge in [-0.1, -0.05) is 68.9 Å². The second kappa shape index (κ2) is 6.55. The number of nitrogen functional groups attached to an aromatic ring is 1. The summed E-state index contributed by atoms with van der Waals surface area (Å²) in [6, 6.07) is 11.2. The fraction of sp³-hybridized carbons (Fsp3) is 0.545. The highest BCUT2D eigenvalue weighted by atomic mass is 14.6. The van der Waals surface area contributed by atoms with Crippen LogP contribution in [-0.2, 0) is 0 Å². The van der Waals surface area contributed by atoms with Crippen LogP contribution < -0.4 is 5.73 Å². The topological polar surface area (TPSA) is 26.0 Å². The summed E-state index contributed by atoms with van der Waals surface area (Å²) in [4.78, 5) is 0. The molecule has 2 saturated carbocycles. The molecule has 0 spiro atoms. The van der Waals surface area contributed by atoms with Crippen LogP contribution in [0.15, 0.2) is 30.3 Å². The number of rotatable bonds is 2. The van der Waals surface area contributed by atoms with Gasteiger partial charge in [0.2, 0.25) is 0 Å². The molecule has 2 aromatic rings. The van der Waals surface area contributed by atoms with Gasteiger partial charge in [0.05, 0.1) is 0 Å². The van der Waals surface area contributed by atoms with Gasteiger partial charge in [0, 0.05) is 11.1 Å². The number of anilines is 1. The van der Waals surface area contributed by atoms with Crippen molar-refractivity contribution in [2.24, 2.45) is 0 Å². The highest BCUT2D eigenvalue weighted by Crippen LogP contribution is 2.45. The fourth-order valence-electron chi connectivity index (χ4n) is 5.01. The third kappa shape index (κ3) is 2.86. The molecule has 4 rings (SSSR count). The van der Waals surface area contributed by atoms with Crippen molar-refractivity contribution in [3.8, 4) is 0 Å². The lowest BCUT2D eigenvalue weighted by molar-refractivity contribution is 0.420. The van der Waals surface area contributed by atoms with E-state index < -0.39 is 0 Å². The van der Waals surface area contributed by atoms with Crippen molar-refractivity contribution in [1.82, 2.24) is 0 Å². The van der Waals surface area contributed by atoms with Crippen molar-refractivity contribution >= 4 is 16.5 Å². The van der Waals surface area contributed by atoms with Crippen molar-refractivity contribution in [1.29, 1.82) is 0 Å². The number of benzene rings is 2. The Bertz CT molecular complexity index is 676. The number of fused-ring (bicyclic) bond motifs is 1. The molecule has 0 unspecified atom stereocenters. The van der Waals surface area contributed by atoms with Crippen LogP contribution in [0, 0.1) is 0 Å². The average Bonchev–Trinajstić information content (AvgIpc) is 2.63. The number of hydrogen-bond acceptors (Lipinski definition) is 1. The molecule has 23 heavy (non-hydrogen) atoms. The zero-order valence-electron chi connectivity index (χ0n) is 14.2. The van der Waals surface area contributed by atoms with E-state index in [4.69, 9.17) is 5.73 Å². The van der Waals surface area contributed by atoms with Crippen molar-refractivity contribution in [2.45, 2.75) is 76.0 Å². The minimum absolute atomic E-state index is 0.699. The van der Waals surface area contributed by atoms with E-state index in [9.17, 15) is 0 Å². The van der Waals surface area contributed by atoms with Crippen LogP contribution in [-0.4, -0.2) is 0 Å². The van der Waals surface area contributed by atoms with Crippen LogP contribution >= 0.6 is 0 Å². The van der Waals surface area contributed by atoms with Gasteiger partial charge in [-0.3, -0.25) is 0 Å². The Balaban J connectivity index is 1.86. The van der Waals surface area contributed by atoms with E-state index >= 15 is 0 Å². The zero-order valence-corrected chi connectivity index (χ0v) is 14.2. The summed E-state index contributed by atoms with van der Waals surface area (Å²) < 4.78 is 0. The quantitative estimate of drug-likeness (QED) is 0.628. The van der Waals surface area contributed by atoms with Gasteiger partial charge in [-0.15, -0.1) is 0 Å². The van der Waals surface area contributed by atoms with Gasteiger partial charge < -0.3 is 5.73 Å². The summed E-state index contributed by atoms with van der Waals surface area (Å²) in [5, 5.41) is 2.61. The Morgan fingerprint density at radius 3 is 2.04 bits per heavy atom. The van der Waals surface area contributed by atoms with Crippen LogP contribution in [0.1, 0.15) is 87.2 Å². The Labute approximate surface area is 140 Å². The maximum atomic E-state index is 6.76. The third-order valence-corrected chi connectivity index (χ3v) is 6.22. The lowest BCUT2D eigenvalue weighted by Crippen LogP contribution is -2.14. The van der Waals surface area contributed by atoms with Gasteiger partial charge in [-0.25, -0.2) is 0 Å². The molecule has 0 heterocycles. The molecular weight excluding hydrogens is 278 g/mol. The van der Waals surface area contributed by atoms with Crippen LogP contribution in [0.25, 0.3) is 10.8 Å². The van der Waals surface area contributed by atoms with Gasteiger partial charge in [0.25, 0.3) is 0 Å². The SMILES string of the molecule is Nc1c(C2CCCCC2)c(C2CCCCC2)cc2ccccc12. The molecule has 122 valence electrons. The Morgan fingerprint density at radius 2 is 1.35 bits per heavy atom. The van der Waals surface area contributed by atoms with Gasteiger partial charge in [0.15, 0.2) is 0 Å². The Hall–Kier alpha value is -1.50. The minimum Gasteiger partial charge on any atom is -0.398 e. The molecule has 0 radical (unpaired) electrons. The maximum absolute atomic E-state index is 6.76. The predicted molar refractivity (Wildman–Crippen MR) is 100 cm³/mol. The summed E-state index contributed by atoms with van der Waals surface area (Å²) in [5.41, 5.74) is 11.0. The molecule has 0 aromatic heterocycles. The zero-order chi connectivity index (χ0) is 15.6. The van der Waals surface area contributed by atoms with E-state index in [2.05, 4.69) is 30.3 Å². The van der Waals surface area contributed by atoms with Crippen molar-refractivity contribution in [3.63, 3.8) is 0 Å². The highest BCUT2D eigenvalue weighted by Gasteiger charge is 2.26. The molecule has 2 aromatic carbocycles. The summed E-state index contributed by atoms with van der Waals surface area (Å²) in [7, 11) is 0. The number of hydrogen-bond donors (Lipinski definition) is 1. The molecule has 0 atom stereocenters.